The van der Waals surface area contributed by atoms with E-state index >= 15 is 0 Å². The minimum atomic E-state index is 0.397. The Labute approximate surface area is 49.2 Å². The van der Waals surface area contributed by atoms with E-state index in [1.165, 1.54) is 0 Å². The maximum atomic E-state index is 8.00. The molecule has 0 aliphatic rings. The molecule has 8 heavy (non-hydrogen) atoms. The predicted molar refractivity (Wildman–Crippen MR) is 33.8 cm³/mol. The van der Waals surface area contributed by atoms with Crippen LogP contribution in [0.25, 0.3) is 0 Å². The molecule has 0 aromatic rings. The Kier molecular flexibility index (Phi) is 5.09. The molecule has 0 saturated carbocycles. The second kappa shape index (κ2) is 5.90. The minimum Gasteiger partial charge on any atom is -0.292 e. The molecule has 0 bridgehead atoms. The fraction of sp³-hybridized carbons (Fsp3) is 0.333. The van der Waals surface area contributed by atoms with E-state index in [9.17, 15) is 0 Å². The van der Waals surface area contributed by atoms with Crippen LogP contribution in [0.4, 0.5) is 0 Å². The zero-order valence-corrected chi connectivity index (χ0v) is 4.67. The first-order valence-corrected chi connectivity index (χ1v) is 2.38. The Balaban J connectivity index is 3.10. The Morgan fingerprint density at radius 2 is 2.50 bits per heavy atom. The van der Waals surface area contributed by atoms with Crippen molar-refractivity contribution >= 4 is 6.21 Å². The van der Waals surface area contributed by atoms with E-state index in [0.717, 1.165) is 0 Å². The third-order valence-electron chi connectivity index (χ3n) is 0.546. The van der Waals surface area contributed by atoms with Crippen LogP contribution in [0.3, 0.4) is 0 Å². The van der Waals surface area contributed by atoms with E-state index < -0.39 is 0 Å². The van der Waals surface area contributed by atoms with Gasteiger partial charge in [-0.2, -0.15) is 5.26 Å². The molecule has 0 rings (SSSR count). The predicted octanol–water partition coefficient (Wildman–Crippen LogP) is 1.16. The van der Waals surface area contributed by atoms with Crippen molar-refractivity contribution in [1.82, 2.24) is 0 Å². The lowest BCUT2D eigenvalue weighted by Crippen LogP contribution is -1.72. The van der Waals surface area contributed by atoms with Gasteiger partial charge < -0.3 is 0 Å². The van der Waals surface area contributed by atoms with Crippen molar-refractivity contribution in [3.63, 3.8) is 0 Å². The standard InChI is InChI=1S/C6H8N2/c1-2-5-8-6-3-4-7/h2,6H,1,3,5H2. The van der Waals surface area contributed by atoms with Gasteiger partial charge in [0.15, 0.2) is 0 Å². The molecule has 0 aliphatic carbocycles. The van der Waals surface area contributed by atoms with Gasteiger partial charge in [-0.1, -0.05) is 6.08 Å². The maximum absolute atomic E-state index is 8.00. The van der Waals surface area contributed by atoms with Gasteiger partial charge in [-0.3, -0.25) is 4.99 Å². The molecular formula is C6H8N2. The summed E-state index contributed by atoms with van der Waals surface area (Å²) >= 11 is 0. The summed E-state index contributed by atoms with van der Waals surface area (Å²) < 4.78 is 0. The van der Waals surface area contributed by atoms with Crippen LogP contribution in [0.1, 0.15) is 6.42 Å². The molecule has 0 aromatic heterocycles. The summed E-state index contributed by atoms with van der Waals surface area (Å²) in [6, 6.07) is 1.94. The smallest absolute Gasteiger partial charge is 0.0700 e. The molecule has 2 nitrogen and oxygen atoms in total. The molecule has 0 amide bonds. The molecule has 2 heteroatoms. The zero-order chi connectivity index (χ0) is 6.24. The summed E-state index contributed by atoms with van der Waals surface area (Å²) in [4.78, 5) is 3.81. The third kappa shape index (κ3) is 4.90. The van der Waals surface area contributed by atoms with Crippen LogP contribution >= 0.6 is 0 Å². The molecule has 0 atom stereocenters. The number of aliphatic imine (C=N–C) groups is 1. The largest absolute Gasteiger partial charge is 0.292 e. The number of nitrogens with zero attached hydrogens (tertiary/aromatic N) is 2. The Morgan fingerprint density at radius 3 is 3.00 bits per heavy atom. The summed E-state index contributed by atoms with van der Waals surface area (Å²) in [6.07, 6.45) is 3.67. The number of hydrogen-bond donors (Lipinski definition) is 0. The van der Waals surface area contributed by atoms with Crippen LogP contribution in [0, 0.1) is 11.3 Å². The van der Waals surface area contributed by atoms with Crippen LogP contribution < -0.4 is 0 Å². The molecule has 0 fully saturated rings. The van der Waals surface area contributed by atoms with Crippen molar-refractivity contribution in [2.24, 2.45) is 4.99 Å². The number of rotatable bonds is 3. The van der Waals surface area contributed by atoms with Crippen molar-refractivity contribution < 1.29 is 0 Å². The molecule has 0 unspecified atom stereocenters. The fourth-order valence-corrected chi connectivity index (χ4v) is 0.254. The molecule has 0 spiro atoms. The van der Waals surface area contributed by atoms with Crippen LogP contribution in [0.5, 0.6) is 0 Å². The van der Waals surface area contributed by atoms with Gasteiger partial charge in [0.25, 0.3) is 0 Å². The van der Waals surface area contributed by atoms with Crippen molar-refractivity contribution in [3.05, 3.63) is 12.7 Å². The summed E-state index contributed by atoms with van der Waals surface area (Å²) in [5, 5.41) is 8.00. The summed E-state index contributed by atoms with van der Waals surface area (Å²) in [6.45, 7) is 4.07. The van der Waals surface area contributed by atoms with Gasteiger partial charge in [0.05, 0.1) is 19.0 Å². The molecule has 0 radical (unpaired) electrons. The van der Waals surface area contributed by atoms with E-state index in [-0.39, 0.29) is 0 Å². The van der Waals surface area contributed by atoms with Gasteiger partial charge in [0, 0.05) is 6.21 Å². The van der Waals surface area contributed by atoms with Crippen LogP contribution in [-0.4, -0.2) is 12.8 Å². The topological polar surface area (TPSA) is 36.1 Å². The lowest BCUT2D eigenvalue weighted by atomic mass is 10.5. The number of nitriles is 1. The van der Waals surface area contributed by atoms with Crippen LogP contribution in [0.2, 0.25) is 0 Å². The molecule has 0 heterocycles. The first-order valence-electron chi connectivity index (χ1n) is 2.38. The van der Waals surface area contributed by atoms with Gasteiger partial charge in [0.1, 0.15) is 0 Å². The van der Waals surface area contributed by atoms with Gasteiger partial charge >= 0.3 is 0 Å². The molecule has 0 aliphatic heterocycles. The number of hydrogen-bond acceptors (Lipinski definition) is 2. The Bertz CT molecular complexity index is 119. The average molecular weight is 108 g/mol. The molecule has 0 aromatic carbocycles. The molecule has 0 N–H and O–H groups in total. The zero-order valence-electron chi connectivity index (χ0n) is 4.67. The van der Waals surface area contributed by atoms with E-state index in [1.807, 2.05) is 6.07 Å². The normalized spacial score (nSPS) is 8.88. The van der Waals surface area contributed by atoms with E-state index in [0.29, 0.717) is 13.0 Å². The lowest BCUT2D eigenvalue weighted by Gasteiger charge is -1.75. The van der Waals surface area contributed by atoms with E-state index in [2.05, 4.69) is 11.6 Å². The third-order valence-corrected chi connectivity index (χ3v) is 0.546. The highest BCUT2D eigenvalue weighted by molar-refractivity contribution is 5.60. The average Bonchev–Trinajstić information content (AvgIpc) is 1.81. The van der Waals surface area contributed by atoms with Gasteiger partial charge in [0.2, 0.25) is 0 Å². The molecule has 0 saturated heterocycles. The van der Waals surface area contributed by atoms with E-state index in [1.54, 1.807) is 12.3 Å². The highest BCUT2D eigenvalue weighted by Gasteiger charge is 1.68. The lowest BCUT2D eigenvalue weighted by molar-refractivity contribution is 1.24. The first kappa shape index (κ1) is 6.90. The molecular weight excluding hydrogens is 100 g/mol. The minimum absolute atomic E-state index is 0.397. The van der Waals surface area contributed by atoms with Crippen LogP contribution in [-0.2, 0) is 0 Å². The second-order valence-electron chi connectivity index (χ2n) is 1.20. The van der Waals surface area contributed by atoms with Crippen molar-refractivity contribution in [2.45, 2.75) is 6.42 Å². The van der Waals surface area contributed by atoms with Gasteiger partial charge in [-0.05, 0) is 0 Å². The monoisotopic (exact) mass is 108 g/mol. The summed E-state index contributed by atoms with van der Waals surface area (Å²) in [5.74, 6) is 0. The second-order valence-corrected chi connectivity index (χ2v) is 1.20. The van der Waals surface area contributed by atoms with Gasteiger partial charge in [-0.25, -0.2) is 0 Å². The van der Waals surface area contributed by atoms with Gasteiger partial charge in [-0.15, -0.1) is 6.58 Å². The van der Waals surface area contributed by atoms with Crippen LogP contribution in [0.15, 0.2) is 17.6 Å². The summed E-state index contributed by atoms with van der Waals surface area (Å²) in [5.41, 5.74) is 0. The van der Waals surface area contributed by atoms with Crippen molar-refractivity contribution in [3.8, 4) is 6.07 Å². The van der Waals surface area contributed by atoms with Crippen molar-refractivity contribution in [2.75, 3.05) is 6.54 Å². The summed E-state index contributed by atoms with van der Waals surface area (Å²) in [7, 11) is 0. The first-order chi connectivity index (χ1) is 3.91. The molecule has 42 valence electrons. The maximum Gasteiger partial charge on any atom is 0.0700 e. The SMILES string of the molecule is C=CCN=CCC#N. The van der Waals surface area contributed by atoms with E-state index in [4.69, 9.17) is 5.26 Å². The quantitative estimate of drug-likeness (QED) is 0.394. The Hall–Kier alpha value is -1.10. The fourth-order valence-electron chi connectivity index (χ4n) is 0.254. The Morgan fingerprint density at radius 1 is 1.75 bits per heavy atom. The van der Waals surface area contributed by atoms with Crippen molar-refractivity contribution in [1.29, 1.82) is 5.26 Å². The highest BCUT2D eigenvalue weighted by Crippen LogP contribution is 1.70. The highest BCUT2D eigenvalue weighted by atomic mass is 14.7.